The summed E-state index contributed by atoms with van der Waals surface area (Å²) in [6.45, 7) is 2.32. The van der Waals surface area contributed by atoms with Gasteiger partial charge in [0.1, 0.15) is 5.82 Å². The molecule has 0 saturated carbocycles. The zero-order valence-corrected chi connectivity index (χ0v) is 17.2. The normalized spacial score (nSPS) is 11.0. The van der Waals surface area contributed by atoms with Gasteiger partial charge in [0.2, 0.25) is 0 Å². The van der Waals surface area contributed by atoms with E-state index in [2.05, 4.69) is 23.0 Å². The molecule has 0 bridgehead atoms. The van der Waals surface area contributed by atoms with Gasteiger partial charge in [-0.25, -0.2) is 9.37 Å². The molecule has 0 atom stereocenters. The van der Waals surface area contributed by atoms with Crippen LogP contribution in [0.25, 0.3) is 10.2 Å². The second-order valence-electron chi connectivity index (χ2n) is 6.49. The Balaban J connectivity index is 1.78. The van der Waals surface area contributed by atoms with E-state index in [9.17, 15) is 9.18 Å². The van der Waals surface area contributed by atoms with Crippen LogP contribution in [-0.4, -0.2) is 15.9 Å². The Hall–Kier alpha value is -2.83. The van der Waals surface area contributed by atoms with Crippen molar-refractivity contribution in [3.05, 3.63) is 88.5 Å². The number of hydrogen-bond donors (Lipinski definition) is 0. The highest BCUT2D eigenvalue weighted by Gasteiger charge is 2.24. The van der Waals surface area contributed by atoms with Gasteiger partial charge in [-0.15, -0.1) is 0 Å². The highest BCUT2D eigenvalue weighted by molar-refractivity contribution is 7.22. The number of carbonyl (C=O) groups is 1. The Kier molecular flexibility index (Phi) is 5.56. The zero-order chi connectivity index (χ0) is 20.4. The maximum Gasteiger partial charge on any atom is 0.261 e. The molecule has 0 aliphatic rings. The summed E-state index contributed by atoms with van der Waals surface area (Å²) in [5, 5.41) is 0.611. The predicted molar refractivity (Wildman–Crippen MR) is 115 cm³/mol. The zero-order valence-electron chi connectivity index (χ0n) is 15.6. The van der Waals surface area contributed by atoms with Gasteiger partial charge in [-0.2, -0.15) is 0 Å². The van der Waals surface area contributed by atoms with Gasteiger partial charge in [-0.3, -0.25) is 14.7 Å². The quantitative estimate of drug-likeness (QED) is 0.400. The van der Waals surface area contributed by atoms with E-state index in [0.29, 0.717) is 10.8 Å². The molecule has 0 spiro atoms. The number of hydrogen-bond acceptors (Lipinski definition) is 4. The minimum absolute atomic E-state index is 0.0652. The average molecular weight is 426 g/mol. The molecular formula is C22H17ClFN3OS. The fourth-order valence-electron chi connectivity index (χ4n) is 2.98. The van der Waals surface area contributed by atoms with Crippen LogP contribution in [0, 0.1) is 5.82 Å². The van der Waals surface area contributed by atoms with E-state index < -0.39 is 5.82 Å². The molecule has 0 fully saturated rings. The van der Waals surface area contributed by atoms with Gasteiger partial charge < -0.3 is 0 Å². The predicted octanol–water partition coefficient (Wildman–Crippen LogP) is 5.89. The Bertz CT molecular complexity index is 1180. The van der Waals surface area contributed by atoms with E-state index in [-0.39, 0.29) is 23.0 Å². The van der Waals surface area contributed by atoms with Gasteiger partial charge in [0.25, 0.3) is 5.91 Å². The summed E-state index contributed by atoms with van der Waals surface area (Å²) in [7, 11) is 0. The number of benzene rings is 2. The van der Waals surface area contributed by atoms with Crippen LogP contribution in [-0.2, 0) is 13.0 Å². The van der Waals surface area contributed by atoms with Crippen LogP contribution in [0.5, 0.6) is 0 Å². The molecule has 0 N–H and O–H groups in total. The molecule has 2 aromatic heterocycles. The molecule has 4 aromatic rings. The van der Waals surface area contributed by atoms with Crippen molar-refractivity contribution in [3.63, 3.8) is 0 Å². The van der Waals surface area contributed by atoms with E-state index in [4.69, 9.17) is 11.6 Å². The first-order chi connectivity index (χ1) is 14.0. The molecule has 0 saturated heterocycles. The molecule has 7 heteroatoms. The molecule has 146 valence electrons. The van der Waals surface area contributed by atoms with Gasteiger partial charge in [0.05, 0.1) is 33.0 Å². The van der Waals surface area contributed by atoms with Crippen molar-refractivity contribution >= 4 is 44.2 Å². The number of anilines is 1. The molecule has 2 heterocycles. The lowest BCUT2D eigenvalue weighted by atomic mass is 10.2. The Morgan fingerprint density at radius 3 is 2.76 bits per heavy atom. The number of carbonyl (C=O) groups excluding carboxylic acids is 1. The molecule has 0 radical (unpaired) electrons. The van der Waals surface area contributed by atoms with Crippen LogP contribution in [0.2, 0.25) is 5.02 Å². The lowest BCUT2D eigenvalue weighted by Crippen LogP contribution is -2.31. The molecule has 0 unspecified atom stereocenters. The topological polar surface area (TPSA) is 46.1 Å². The fourth-order valence-corrected chi connectivity index (χ4v) is 4.26. The number of thiazole rings is 1. The first-order valence-corrected chi connectivity index (χ1v) is 10.3. The minimum atomic E-state index is -0.491. The monoisotopic (exact) mass is 425 g/mol. The second-order valence-corrected chi connectivity index (χ2v) is 7.90. The van der Waals surface area contributed by atoms with Crippen LogP contribution in [0.1, 0.15) is 28.5 Å². The van der Waals surface area contributed by atoms with Crippen molar-refractivity contribution in [1.82, 2.24) is 9.97 Å². The third kappa shape index (κ3) is 4.13. The molecule has 0 aliphatic carbocycles. The van der Waals surface area contributed by atoms with Crippen LogP contribution in [0.15, 0.2) is 60.8 Å². The van der Waals surface area contributed by atoms with E-state index in [1.165, 1.54) is 33.9 Å². The minimum Gasteiger partial charge on any atom is -0.278 e. The Morgan fingerprint density at radius 1 is 1.17 bits per heavy atom. The average Bonchev–Trinajstić information content (AvgIpc) is 3.15. The number of rotatable bonds is 5. The van der Waals surface area contributed by atoms with E-state index in [1.54, 1.807) is 6.20 Å². The van der Waals surface area contributed by atoms with Gasteiger partial charge in [-0.05, 0) is 54.4 Å². The lowest BCUT2D eigenvalue weighted by Gasteiger charge is -2.20. The number of amides is 1. The number of halogens is 2. The summed E-state index contributed by atoms with van der Waals surface area (Å²) in [5.41, 5.74) is 2.97. The Morgan fingerprint density at radius 2 is 2.03 bits per heavy atom. The van der Waals surface area contributed by atoms with E-state index in [1.807, 2.05) is 30.3 Å². The van der Waals surface area contributed by atoms with Gasteiger partial charge >= 0.3 is 0 Å². The van der Waals surface area contributed by atoms with Crippen molar-refractivity contribution in [2.24, 2.45) is 0 Å². The first kappa shape index (κ1) is 19.5. The summed E-state index contributed by atoms with van der Waals surface area (Å²) in [6, 6.07) is 15.4. The molecule has 2 aromatic carbocycles. The lowest BCUT2D eigenvalue weighted by molar-refractivity contribution is 0.0985. The smallest absolute Gasteiger partial charge is 0.261 e. The third-order valence-corrected chi connectivity index (χ3v) is 5.89. The van der Waals surface area contributed by atoms with Gasteiger partial charge in [0, 0.05) is 6.20 Å². The SMILES string of the molecule is CCc1ccc2nc(N(Cc3ccccn3)C(=O)c3ccc(F)cc3Cl)sc2c1. The van der Waals surface area contributed by atoms with Crippen molar-refractivity contribution < 1.29 is 9.18 Å². The van der Waals surface area contributed by atoms with E-state index in [0.717, 1.165) is 22.7 Å². The fraction of sp³-hybridized carbons (Fsp3) is 0.136. The highest BCUT2D eigenvalue weighted by Crippen LogP contribution is 2.32. The largest absolute Gasteiger partial charge is 0.278 e. The highest BCUT2D eigenvalue weighted by atomic mass is 35.5. The summed E-state index contributed by atoms with van der Waals surface area (Å²) < 4.78 is 14.5. The molecular weight excluding hydrogens is 409 g/mol. The number of fused-ring (bicyclic) bond motifs is 1. The van der Waals surface area contributed by atoms with Crippen molar-refractivity contribution in [2.45, 2.75) is 19.9 Å². The van der Waals surface area contributed by atoms with Crippen molar-refractivity contribution in [2.75, 3.05) is 4.90 Å². The molecule has 29 heavy (non-hydrogen) atoms. The Labute approximate surface area is 176 Å². The maximum absolute atomic E-state index is 13.5. The van der Waals surface area contributed by atoms with Gasteiger partial charge in [-0.1, -0.05) is 42.0 Å². The van der Waals surface area contributed by atoms with Crippen LogP contribution < -0.4 is 4.90 Å². The van der Waals surface area contributed by atoms with Crippen LogP contribution in [0.3, 0.4) is 0 Å². The van der Waals surface area contributed by atoms with Crippen molar-refractivity contribution in [3.8, 4) is 0 Å². The summed E-state index contributed by atoms with van der Waals surface area (Å²) in [5.74, 6) is -0.842. The van der Waals surface area contributed by atoms with Gasteiger partial charge in [0.15, 0.2) is 5.13 Å². The molecule has 0 aliphatic heterocycles. The number of nitrogens with zero attached hydrogens (tertiary/aromatic N) is 3. The van der Waals surface area contributed by atoms with E-state index >= 15 is 0 Å². The first-order valence-electron chi connectivity index (χ1n) is 9.11. The molecule has 1 amide bonds. The van der Waals surface area contributed by atoms with Crippen molar-refractivity contribution in [1.29, 1.82) is 0 Å². The summed E-state index contributed by atoms with van der Waals surface area (Å²) in [4.78, 5) is 23.9. The standard InChI is InChI=1S/C22H17ClFN3OS/c1-2-14-6-9-19-20(11-14)29-22(26-19)27(13-16-5-3-4-10-25-16)21(28)17-8-7-15(24)12-18(17)23/h3-12H,2,13H2,1H3. The number of aryl methyl sites for hydroxylation is 1. The number of pyridine rings is 1. The molecule has 4 nitrogen and oxygen atoms in total. The van der Waals surface area contributed by atoms with Crippen LogP contribution in [0.4, 0.5) is 9.52 Å². The summed E-state index contributed by atoms with van der Waals surface area (Å²) in [6.07, 6.45) is 2.60. The van der Waals surface area contributed by atoms with Crippen LogP contribution >= 0.6 is 22.9 Å². The maximum atomic E-state index is 13.5. The second kappa shape index (κ2) is 8.27. The summed E-state index contributed by atoms with van der Waals surface area (Å²) >= 11 is 7.59. The third-order valence-electron chi connectivity index (χ3n) is 4.53. The molecule has 4 rings (SSSR count). The number of aromatic nitrogens is 2.